The number of carbonyl (C=O) groups excluding carboxylic acids is 3. The number of pyridine rings is 1. The number of carbonyl (C=O) groups is 3. The van der Waals surface area contributed by atoms with Crippen LogP contribution in [-0.4, -0.2) is 51.5 Å². The highest BCUT2D eigenvalue weighted by Crippen LogP contribution is 2.27. The van der Waals surface area contributed by atoms with Crippen LogP contribution >= 0.6 is 11.8 Å². The van der Waals surface area contributed by atoms with Crippen LogP contribution in [0.15, 0.2) is 30.3 Å². The maximum Gasteiger partial charge on any atom is 0.408 e. The third kappa shape index (κ3) is 6.16. The largest absolute Gasteiger partial charge is 0.444 e. The zero-order chi connectivity index (χ0) is 24.2. The number of aryl methyl sites for hydroxylation is 1. The predicted octanol–water partition coefficient (Wildman–Crippen LogP) is 3.43. The molecule has 0 fully saturated rings. The smallest absolute Gasteiger partial charge is 0.408 e. The molecule has 0 radical (unpaired) electrons. The Hall–Kier alpha value is -3.27. The van der Waals surface area contributed by atoms with Crippen LogP contribution in [0, 0.1) is 6.92 Å². The molecule has 3 aromatic rings. The summed E-state index contributed by atoms with van der Waals surface area (Å²) in [4.78, 5) is 45.2. The summed E-state index contributed by atoms with van der Waals surface area (Å²) in [5, 5.41) is 4.42. The number of fused-ring (bicyclic) bond motifs is 3. The molecule has 33 heavy (non-hydrogen) atoms. The lowest BCUT2D eigenvalue weighted by atomic mass is 10.1. The van der Waals surface area contributed by atoms with E-state index in [9.17, 15) is 14.4 Å². The standard InChI is InChI=1S/C23H29N5O4S/c1-13-19-15(14-8-6-7-9-16(14)25-19)12-18(24-13)21(30)28-27-20(29)17(10-11-33-5)26-22(31)32-23(2,3)4/h6-9,12,17,25H,10-11H2,1-5H3,(H,26,31)(H,27,29)(H,28,30)/t17-/m0/s1. The fourth-order valence-corrected chi connectivity index (χ4v) is 3.82. The summed E-state index contributed by atoms with van der Waals surface area (Å²) in [7, 11) is 0. The third-order valence-corrected chi connectivity index (χ3v) is 5.47. The second-order valence-corrected chi connectivity index (χ2v) is 9.60. The molecule has 0 aliphatic heterocycles. The molecule has 0 saturated carbocycles. The number of alkyl carbamates (subject to hydrolysis) is 1. The van der Waals surface area contributed by atoms with Crippen molar-refractivity contribution < 1.29 is 19.1 Å². The topological polar surface area (TPSA) is 125 Å². The molecular weight excluding hydrogens is 442 g/mol. The highest BCUT2D eigenvalue weighted by molar-refractivity contribution is 7.98. The van der Waals surface area contributed by atoms with Gasteiger partial charge in [-0.15, -0.1) is 0 Å². The number of aromatic nitrogens is 2. The van der Waals surface area contributed by atoms with Crippen molar-refractivity contribution in [1.82, 2.24) is 26.1 Å². The number of nitrogens with one attached hydrogen (secondary N) is 4. The number of hydrazine groups is 1. The van der Waals surface area contributed by atoms with Gasteiger partial charge >= 0.3 is 6.09 Å². The Balaban J connectivity index is 1.71. The van der Waals surface area contributed by atoms with Gasteiger partial charge in [-0.1, -0.05) is 18.2 Å². The Morgan fingerprint density at radius 3 is 2.58 bits per heavy atom. The molecule has 3 amide bonds. The van der Waals surface area contributed by atoms with Crippen LogP contribution in [0.4, 0.5) is 4.79 Å². The summed E-state index contributed by atoms with van der Waals surface area (Å²) in [5.74, 6) is -0.465. The monoisotopic (exact) mass is 471 g/mol. The molecule has 176 valence electrons. The maximum absolute atomic E-state index is 12.7. The van der Waals surface area contributed by atoms with Crippen LogP contribution in [0.3, 0.4) is 0 Å². The van der Waals surface area contributed by atoms with Crippen LogP contribution in [-0.2, 0) is 9.53 Å². The van der Waals surface area contributed by atoms with Gasteiger partial charge < -0.3 is 15.0 Å². The lowest BCUT2D eigenvalue weighted by Crippen LogP contribution is -2.53. The molecule has 3 rings (SSSR count). The minimum Gasteiger partial charge on any atom is -0.444 e. The number of aromatic amines is 1. The number of benzene rings is 1. The van der Waals surface area contributed by atoms with Gasteiger partial charge in [-0.2, -0.15) is 11.8 Å². The zero-order valence-corrected chi connectivity index (χ0v) is 20.2. The number of nitrogens with zero attached hydrogens (tertiary/aromatic N) is 1. The Bertz CT molecular complexity index is 1180. The number of ether oxygens (including phenoxy) is 1. The Kier molecular flexibility index (Phi) is 7.47. The van der Waals surface area contributed by atoms with Gasteiger partial charge in [-0.25, -0.2) is 9.78 Å². The number of para-hydroxylation sites is 1. The number of hydrogen-bond acceptors (Lipinski definition) is 6. The molecule has 10 heteroatoms. The van der Waals surface area contributed by atoms with Crippen molar-refractivity contribution in [2.45, 2.75) is 45.8 Å². The Morgan fingerprint density at radius 1 is 1.15 bits per heavy atom. The average molecular weight is 472 g/mol. The number of thioether (sulfide) groups is 1. The van der Waals surface area contributed by atoms with Crippen LogP contribution in [0.25, 0.3) is 21.8 Å². The molecule has 0 spiro atoms. The molecule has 0 aliphatic carbocycles. The highest BCUT2D eigenvalue weighted by Gasteiger charge is 2.25. The Morgan fingerprint density at radius 2 is 1.88 bits per heavy atom. The Labute approximate surface area is 196 Å². The molecule has 1 aromatic carbocycles. The number of hydrogen-bond donors (Lipinski definition) is 4. The van der Waals surface area contributed by atoms with E-state index in [0.29, 0.717) is 17.9 Å². The summed E-state index contributed by atoms with van der Waals surface area (Å²) in [6.07, 6.45) is 1.58. The lowest BCUT2D eigenvalue weighted by molar-refractivity contribution is -0.124. The van der Waals surface area contributed by atoms with E-state index in [2.05, 4.69) is 26.1 Å². The number of amides is 3. The van der Waals surface area contributed by atoms with Crippen LogP contribution in [0.2, 0.25) is 0 Å². The molecule has 0 bridgehead atoms. The first-order valence-corrected chi connectivity index (χ1v) is 11.9. The molecule has 4 N–H and O–H groups in total. The van der Waals surface area contributed by atoms with Crippen molar-refractivity contribution in [3.05, 3.63) is 41.7 Å². The molecule has 0 saturated heterocycles. The molecule has 0 aliphatic rings. The first-order valence-electron chi connectivity index (χ1n) is 10.6. The molecular formula is C23H29N5O4S. The molecule has 9 nitrogen and oxygen atoms in total. The van der Waals surface area contributed by atoms with E-state index >= 15 is 0 Å². The van der Waals surface area contributed by atoms with Gasteiger partial charge in [-0.3, -0.25) is 20.4 Å². The minimum atomic E-state index is -0.863. The fraction of sp³-hybridized carbons (Fsp3) is 0.391. The molecule has 2 heterocycles. The van der Waals surface area contributed by atoms with Gasteiger partial charge in [0.1, 0.15) is 17.3 Å². The van der Waals surface area contributed by atoms with Gasteiger partial charge in [0.05, 0.1) is 11.2 Å². The quantitative estimate of drug-likeness (QED) is 0.408. The first kappa shape index (κ1) is 24.4. The van der Waals surface area contributed by atoms with Crippen molar-refractivity contribution in [1.29, 1.82) is 0 Å². The molecule has 1 atom stereocenters. The van der Waals surface area contributed by atoms with Crippen molar-refractivity contribution >= 4 is 51.5 Å². The van der Waals surface area contributed by atoms with E-state index in [0.717, 1.165) is 21.8 Å². The van der Waals surface area contributed by atoms with Crippen LogP contribution < -0.4 is 16.2 Å². The van der Waals surface area contributed by atoms with E-state index in [1.807, 2.05) is 37.4 Å². The highest BCUT2D eigenvalue weighted by atomic mass is 32.2. The van der Waals surface area contributed by atoms with Gasteiger partial charge in [0.2, 0.25) is 0 Å². The zero-order valence-electron chi connectivity index (χ0n) is 19.4. The van der Waals surface area contributed by atoms with Crippen molar-refractivity contribution in [2.75, 3.05) is 12.0 Å². The van der Waals surface area contributed by atoms with Gasteiger partial charge in [0, 0.05) is 16.3 Å². The SMILES string of the molecule is CSCC[C@H](NC(=O)OC(C)(C)C)C(=O)NNC(=O)c1cc2c([nH]c3ccccc32)c(C)n1. The van der Waals surface area contributed by atoms with E-state index in [4.69, 9.17) is 4.74 Å². The third-order valence-electron chi connectivity index (χ3n) is 4.83. The first-order chi connectivity index (χ1) is 15.6. The normalized spacial score (nSPS) is 12.4. The van der Waals surface area contributed by atoms with E-state index in [1.165, 1.54) is 0 Å². The van der Waals surface area contributed by atoms with Gasteiger partial charge in [-0.05, 0) is 58.3 Å². The van der Waals surface area contributed by atoms with Crippen molar-refractivity contribution in [3.8, 4) is 0 Å². The second-order valence-electron chi connectivity index (χ2n) is 8.61. The summed E-state index contributed by atoms with van der Waals surface area (Å²) in [6.45, 7) is 7.03. The lowest BCUT2D eigenvalue weighted by Gasteiger charge is -2.23. The summed E-state index contributed by atoms with van der Waals surface area (Å²) >= 11 is 1.54. The number of H-pyrrole nitrogens is 1. The number of rotatable bonds is 6. The molecule has 0 unspecified atom stereocenters. The van der Waals surface area contributed by atoms with Crippen LogP contribution in [0.1, 0.15) is 43.4 Å². The summed E-state index contributed by atoms with van der Waals surface area (Å²) < 4.78 is 5.24. The van der Waals surface area contributed by atoms with E-state index < -0.39 is 29.6 Å². The summed E-state index contributed by atoms with van der Waals surface area (Å²) in [6, 6.07) is 8.61. The fourth-order valence-electron chi connectivity index (χ4n) is 3.34. The summed E-state index contributed by atoms with van der Waals surface area (Å²) in [5.41, 5.74) is 6.75. The molecule has 2 aromatic heterocycles. The van der Waals surface area contributed by atoms with E-state index in [1.54, 1.807) is 38.6 Å². The van der Waals surface area contributed by atoms with Crippen LogP contribution in [0.5, 0.6) is 0 Å². The van der Waals surface area contributed by atoms with Gasteiger partial charge in [0.25, 0.3) is 11.8 Å². The maximum atomic E-state index is 12.7. The van der Waals surface area contributed by atoms with Gasteiger partial charge in [0.15, 0.2) is 0 Å². The van der Waals surface area contributed by atoms with E-state index in [-0.39, 0.29) is 5.69 Å². The predicted molar refractivity (Wildman–Crippen MR) is 130 cm³/mol. The van der Waals surface area contributed by atoms with Crippen molar-refractivity contribution in [2.24, 2.45) is 0 Å². The second kappa shape index (κ2) is 10.1. The average Bonchev–Trinajstić information content (AvgIpc) is 3.13. The van der Waals surface area contributed by atoms with Crippen molar-refractivity contribution in [3.63, 3.8) is 0 Å². The minimum absolute atomic E-state index is 0.172.